The smallest absolute Gasteiger partial charge is 0.161 e. The van der Waals surface area contributed by atoms with Gasteiger partial charge in [0.2, 0.25) is 0 Å². The first-order valence-electron chi connectivity index (χ1n) is 6.00. The normalized spacial score (nSPS) is 18.8. The van der Waals surface area contributed by atoms with Crippen LogP contribution >= 0.6 is 0 Å². The van der Waals surface area contributed by atoms with E-state index in [1.807, 2.05) is 6.08 Å². The van der Waals surface area contributed by atoms with Crippen LogP contribution in [0.4, 0.5) is 0 Å². The van der Waals surface area contributed by atoms with E-state index < -0.39 is 0 Å². The van der Waals surface area contributed by atoms with Gasteiger partial charge in [-0.15, -0.1) is 0 Å². The summed E-state index contributed by atoms with van der Waals surface area (Å²) in [4.78, 5) is 15.7. The van der Waals surface area contributed by atoms with Crippen molar-refractivity contribution < 1.29 is 4.79 Å². The fourth-order valence-corrected chi connectivity index (χ4v) is 1.35. The Morgan fingerprint density at radius 2 is 2.19 bits per heavy atom. The first-order chi connectivity index (χ1) is 7.54. The molecule has 1 unspecified atom stereocenters. The van der Waals surface area contributed by atoms with Crippen molar-refractivity contribution in [2.24, 2.45) is 16.8 Å². The number of allylic oxidation sites excluding steroid dienone is 3. The Hall–Kier alpha value is -1.18. The van der Waals surface area contributed by atoms with Gasteiger partial charge in [0.05, 0.1) is 0 Å². The van der Waals surface area contributed by atoms with Crippen LogP contribution in [0, 0.1) is 11.8 Å². The van der Waals surface area contributed by atoms with Gasteiger partial charge in [-0.05, 0) is 25.7 Å². The quantitative estimate of drug-likeness (QED) is 0.496. The van der Waals surface area contributed by atoms with Crippen LogP contribution < -0.4 is 0 Å². The Labute approximate surface area is 98.2 Å². The van der Waals surface area contributed by atoms with E-state index in [4.69, 9.17) is 0 Å². The second-order valence-electron chi connectivity index (χ2n) is 4.59. The van der Waals surface area contributed by atoms with Crippen molar-refractivity contribution in [3.63, 3.8) is 0 Å². The zero-order valence-electron chi connectivity index (χ0n) is 10.5. The lowest BCUT2D eigenvalue weighted by molar-refractivity contribution is -0.113. The van der Waals surface area contributed by atoms with E-state index in [2.05, 4.69) is 25.4 Å². The molecule has 2 heteroatoms. The van der Waals surface area contributed by atoms with E-state index in [1.165, 1.54) is 12.8 Å². The van der Waals surface area contributed by atoms with E-state index in [0.29, 0.717) is 17.4 Å². The van der Waals surface area contributed by atoms with Crippen LogP contribution in [0.15, 0.2) is 28.9 Å². The number of rotatable bonds is 6. The molecule has 0 bridgehead atoms. The standard InChI is InChI=1S/C14H21NO/c1-5-10(2)8-14(12(4)16)9-15-11(3)13-6-7-13/h8-10,13H,3,5-7H2,1-2,4H3/b14-8+,15-9?. The molecule has 1 fully saturated rings. The molecule has 0 aromatic heterocycles. The van der Waals surface area contributed by atoms with E-state index in [-0.39, 0.29) is 5.78 Å². The summed E-state index contributed by atoms with van der Waals surface area (Å²) in [6, 6.07) is 0. The SMILES string of the molecule is C=C(N=C/C(=C\C(C)CC)C(C)=O)C1CC1. The number of Topliss-reactive ketones (excluding diaryl/α,β-unsaturated/α-hetero) is 1. The first-order valence-corrected chi connectivity index (χ1v) is 6.00. The van der Waals surface area contributed by atoms with Crippen molar-refractivity contribution in [2.75, 3.05) is 0 Å². The predicted octanol–water partition coefficient (Wildman–Crippen LogP) is 3.54. The zero-order valence-corrected chi connectivity index (χ0v) is 10.5. The lowest BCUT2D eigenvalue weighted by Gasteiger charge is -2.03. The van der Waals surface area contributed by atoms with Crippen LogP contribution in [0.2, 0.25) is 0 Å². The third-order valence-corrected chi connectivity index (χ3v) is 2.93. The second-order valence-corrected chi connectivity index (χ2v) is 4.59. The van der Waals surface area contributed by atoms with Gasteiger partial charge < -0.3 is 0 Å². The van der Waals surface area contributed by atoms with Gasteiger partial charge in [-0.1, -0.05) is 32.9 Å². The molecule has 16 heavy (non-hydrogen) atoms. The van der Waals surface area contributed by atoms with Gasteiger partial charge in [-0.3, -0.25) is 9.79 Å². The fraction of sp³-hybridized carbons (Fsp3) is 0.571. The van der Waals surface area contributed by atoms with E-state index in [9.17, 15) is 4.79 Å². The summed E-state index contributed by atoms with van der Waals surface area (Å²) in [5.41, 5.74) is 1.62. The molecule has 0 saturated heterocycles. The van der Waals surface area contributed by atoms with Crippen molar-refractivity contribution in [1.82, 2.24) is 0 Å². The summed E-state index contributed by atoms with van der Waals surface area (Å²) in [5, 5.41) is 0. The average molecular weight is 219 g/mol. The molecule has 2 nitrogen and oxygen atoms in total. The van der Waals surface area contributed by atoms with Crippen molar-refractivity contribution in [3.8, 4) is 0 Å². The molecule has 0 aromatic rings. The lowest BCUT2D eigenvalue weighted by Crippen LogP contribution is -2.01. The van der Waals surface area contributed by atoms with Crippen molar-refractivity contribution in [2.45, 2.75) is 40.0 Å². The maximum Gasteiger partial charge on any atom is 0.161 e. The third-order valence-electron chi connectivity index (χ3n) is 2.93. The van der Waals surface area contributed by atoms with E-state index in [0.717, 1.165) is 12.1 Å². The highest BCUT2D eigenvalue weighted by Crippen LogP contribution is 2.35. The molecule has 1 atom stereocenters. The number of aliphatic imine (C=N–C) groups is 1. The molecule has 0 aromatic carbocycles. The number of nitrogens with zero attached hydrogens (tertiary/aromatic N) is 1. The maximum atomic E-state index is 11.4. The van der Waals surface area contributed by atoms with Crippen LogP contribution in [-0.4, -0.2) is 12.0 Å². The number of ketones is 1. The number of carbonyl (C=O) groups excluding carboxylic acids is 1. The highest BCUT2D eigenvalue weighted by molar-refractivity contribution is 6.12. The van der Waals surface area contributed by atoms with Crippen LogP contribution in [-0.2, 0) is 4.79 Å². The second kappa shape index (κ2) is 5.78. The van der Waals surface area contributed by atoms with Crippen LogP contribution in [0.1, 0.15) is 40.0 Å². The van der Waals surface area contributed by atoms with E-state index in [1.54, 1.807) is 13.1 Å². The molecule has 1 rings (SSSR count). The predicted molar refractivity (Wildman–Crippen MR) is 68.6 cm³/mol. The Bertz CT molecular complexity index is 335. The van der Waals surface area contributed by atoms with Gasteiger partial charge in [0, 0.05) is 23.4 Å². The van der Waals surface area contributed by atoms with Crippen molar-refractivity contribution in [1.29, 1.82) is 0 Å². The first kappa shape index (κ1) is 12.9. The minimum atomic E-state index is 0.0765. The Balaban J connectivity index is 2.66. The monoisotopic (exact) mass is 219 g/mol. The lowest BCUT2D eigenvalue weighted by atomic mass is 10.0. The molecule has 1 aliphatic carbocycles. The van der Waals surface area contributed by atoms with Gasteiger partial charge in [0.1, 0.15) is 0 Å². The van der Waals surface area contributed by atoms with Crippen molar-refractivity contribution >= 4 is 12.0 Å². The van der Waals surface area contributed by atoms with Crippen LogP contribution in [0.3, 0.4) is 0 Å². The summed E-state index contributed by atoms with van der Waals surface area (Å²) >= 11 is 0. The minimum Gasteiger partial charge on any atom is -0.294 e. The molecule has 1 saturated carbocycles. The summed E-state index contributed by atoms with van der Waals surface area (Å²) < 4.78 is 0. The minimum absolute atomic E-state index is 0.0765. The molecular weight excluding hydrogens is 198 g/mol. The van der Waals surface area contributed by atoms with E-state index >= 15 is 0 Å². The third kappa shape index (κ3) is 4.13. The summed E-state index contributed by atoms with van der Waals surface area (Å²) in [6.45, 7) is 9.71. The van der Waals surface area contributed by atoms with Gasteiger partial charge in [0.25, 0.3) is 0 Å². The fourth-order valence-electron chi connectivity index (χ4n) is 1.35. The highest BCUT2D eigenvalue weighted by Gasteiger charge is 2.24. The summed E-state index contributed by atoms with van der Waals surface area (Å²) in [7, 11) is 0. The van der Waals surface area contributed by atoms with Crippen LogP contribution in [0.25, 0.3) is 0 Å². The maximum absolute atomic E-state index is 11.4. The Morgan fingerprint density at radius 1 is 1.56 bits per heavy atom. The molecule has 1 aliphatic rings. The molecule has 0 N–H and O–H groups in total. The molecule has 0 aliphatic heterocycles. The molecule has 0 heterocycles. The Kier molecular flexibility index (Phi) is 4.66. The highest BCUT2D eigenvalue weighted by atomic mass is 16.1. The van der Waals surface area contributed by atoms with Crippen molar-refractivity contribution in [3.05, 3.63) is 23.9 Å². The average Bonchev–Trinajstić information content (AvgIpc) is 3.06. The number of carbonyl (C=O) groups is 1. The van der Waals surface area contributed by atoms with Gasteiger partial charge in [0.15, 0.2) is 5.78 Å². The van der Waals surface area contributed by atoms with Gasteiger partial charge >= 0.3 is 0 Å². The molecule has 0 spiro atoms. The largest absolute Gasteiger partial charge is 0.294 e. The molecule has 0 amide bonds. The number of hydrogen-bond donors (Lipinski definition) is 0. The van der Waals surface area contributed by atoms with Gasteiger partial charge in [-0.25, -0.2) is 0 Å². The number of hydrogen-bond acceptors (Lipinski definition) is 2. The topological polar surface area (TPSA) is 29.4 Å². The van der Waals surface area contributed by atoms with Crippen LogP contribution in [0.5, 0.6) is 0 Å². The summed E-state index contributed by atoms with van der Waals surface area (Å²) in [6.07, 6.45) is 7.09. The zero-order chi connectivity index (χ0) is 12.1. The molecular formula is C14H21NO. The summed E-state index contributed by atoms with van der Waals surface area (Å²) in [5.74, 6) is 1.06. The Morgan fingerprint density at radius 3 is 2.62 bits per heavy atom. The van der Waals surface area contributed by atoms with Gasteiger partial charge in [-0.2, -0.15) is 0 Å². The molecule has 88 valence electrons. The molecule has 0 radical (unpaired) electrons.